The largest absolute Gasteiger partial charge is 0.489 e. The van der Waals surface area contributed by atoms with Crippen LogP contribution in [-0.2, 0) is 11.2 Å². The van der Waals surface area contributed by atoms with Gasteiger partial charge in [-0.2, -0.15) is 0 Å². The fourth-order valence-corrected chi connectivity index (χ4v) is 2.91. The van der Waals surface area contributed by atoms with Crippen LogP contribution in [0.1, 0.15) is 51.2 Å². The first kappa shape index (κ1) is 16.9. The van der Waals surface area contributed by atoms with Gasteiger partial charge in [0.25, 0.3) is 0 Å². The molecule has 1 N–H and O–H groups in total. The first-order valence-corrected chi connectivity index (χ1v) is 7.96. The lowest BCUT2D eigenvalue weighted by Gasteiger charge is -2.25. The molecule has 1 aliphatic rings. The summed E-state index contributed by atoms with van der Waals surface area (Å²) in [6, 6.07) is 1.75. The van der Waals surface area contributed by atoms with Crippen LogP contribution in [0.3, 0.4) is 0 Å². The van der Waals surface area contributed by atoms with E-state index in [9.17, 15) is 9.90 Å². The van der Waals surface area contributed by atoms with Crippen molar-refractivity contribution in [3.05, 3.63) is 22.2 Å². The Morgan fingerprint density at radius 1 is 1.36 bits per heavy atom. The third-order valence-corrected chi connectivity index (χ3v) is 4.24. The van der Waals surface area contributed by atoms with Crippen molar-refractivity contribution in [2.24, 2.45) is 5.41 Å². The summed E-state index contributed by atoms with van der Waals surface area (Å²) in [6.07, 6.45) is 1.17. The van der Waals surface area contributed by atoms with Crippen LogP contribution in [0.5, 0.6) is 11.5 Å². The van der Waals surface area contributed by atoms with Crippen molar-refractivity contribution in [1.82, 2.24) is 0 Å². The molecule has 0 bridgehead atoms. The van der Waals surface area contributed by atoms with E-state index in [0.717, 1.165) is 17.5 Å². The zero-order valence-corrected chi connectivity index (χ0v) is 14.3. The molecule has 22 heavy (non-hydrogen) atoms. The third-order valence-electron chi connectivity index (χ3n) is 3.91. The average Bonchev–Trinajstić information content (AvgIpc) is 2.63. The van der Waals surface area contributed by atoms with Gasteiger partial charge < -0.3 is 14.6 Å². The SMILES string of the molecule is CC(C)c1c(CC(C)(C)C(=O)O)c(Cl)cc2c1OCCCO2. The number of aliphatic carboxylic acids is 1. The van der Waals surface area contributed by atoms with Crippen LogP contribution in [0.25, 0.3) is 0 Å². The smallest absolute Gasteiger partial charge is 0.309 e. The minimum absolute atomic E-state index is 0.161. The summed E-state index contributed by atoms with van der Waals surface area (Å²) in [5.41, 5.74) is 0.902. The highest BCUT2D eigenvalue weighted by molar-refractivity contribution is 6.31. The molecule has 0 saturated carbocycles. The lowest BCUT2D eigenvalue weighted by molar-refractivity contribution is -0.146. The number of carboxylic acid groups (broad SMARTS) is 1. The van der Waals surface area contributed by atoms with Gasteiger partial charge in [-0.25, -0.2) is 0 Å². The van der Waals surface area contributed by atoms with Crippen LogP contribution in [0.4, 0.5) is 0 Å². The number of benzene rings is 1. The summed E-state index contributed by atoms with van der Waals surface area (Å²) in [5, 5.41) is 9.95. The second-order valence-electron chi connectivity index (χ2n) is 6.65. The van der Waals surface area contributed by atoms with Gasteiger partial charge in [0.05, 0.1) is 18.6 Å². The van der Waals surface area contributed by atoms with Crippen LogP contribution in [0, 0.1) is 5.41 Å². The number of rotatable bonds is 4. The maximum Gasteiger partial charge on any atom is 0.309 e. The Morgan fingerprint density at radius 2 is 2.00 bits per heavy atom. The highest BCUT2D eigenvalue weighted by Gasteiger charge is 2.32. The lowest BCUT2D eigenvalue weighted by atomic mass is 9.82. The zero-order valence-electron chi connectivity index (χ0n) is 13.5. The van der Waals surface area contributed by atoms with E-state index in [2.05, 4.69) is 13.8 Å². The Kier molecular flexibility index (Phi) is 4.90. The number of hydrogen-bond donors (Lipinski definition) is 1. The van der Waals surface area contributed by atoms with Crippen LogP contribution < -0.4 is 9.47 Å². The molecule has 0 atom stereocenters. The zero-order chi connectivity index (χ0) is 16.5. The molecule has 122 valence electrons. The van der Waals surface area contributed by atoms with Crippen LogP contribution in [0.15, 0.2) is 6.07 Å². The number of carboxylic acids is 1. The van der Waals surface area contributed by atoms with Gasteiger partial charge in [0, 0.05) is 23.1 Å². The fourth-order valence-electron chi connectivity index (χ4n) is 2.65. The summed E-state index contributed by atoms with van der Waals surface area (Å²) in [6.45, 7) is 8.71. The summed E-state index contributed by atoms with van der Waals surface area (Å²) < 4.78 is 11.6. The van der Waals surface area contributed by atoms with Crippen molar-refractivity contribution in [1.29, 1.82) is 0 Å². The molecular weight excluding hydrogens is 304 g/mol. The Balaban J connectivity index is 2.58. The van der Waals surface area contributed by atoms with Crippen molar-refractivity contribution in [3.63, 3.8) is 0 Å². The molecule has 4 nitrogen and oxygen atoms in total. The van der Waals surface area contributed by atoms with E-state index in [1.165, 1.54) is 0 Å². The Hall–Kier alpha value is -1.42. The minimum Gasteiger partial charge on any atom is -0.489 e. The standard InChI is InChI=1S/C17H23ClO4/c1-10(2)14-11(9-17(3,4)16(19)20)12(18)8-13-15(14)22-7-5-6-21-13/h8,10H,5-7,9H2,1-4H3,(H,19,20). The van der Waals surface area contributed by atoms with Gasteiger partial charge >= 0.3 is 5.97 Å². The maximum atomic E-state index is 11.5. The van der Waals surface area contributed by atoms with E-state index in [0.29, 0.717) is 36.2 Å². The maximum absolute atomic E-state index is 11.5. The molecule has 0 radical (unpaired) electrons. The fraction of sp³-hybridized carbons (Fsp3) is 0.588. The highest BCUT2D eigenvalue weighted by atomic mass is 35.5. The van der Waals surface area contributed by atoms with Crippen molar-refractivity contribution in [2.75, 3.05) is 13.2 Å². The van der Waals surface area contributed by atoms with Gasteiger partial charge in [-0.05, 0) is 31.7 Å². The lowest BCUT2D eigenvalue weighted by Crippen LogP contribution is -2.27. The van der Waals surface area contributed by atoms with Crippen molar-refractivity contribution in [2.45, 2.75) is 46.5 Å². The number of carbonyl (C=O) groups is 1. The third kappa shape index (κ3) is 3.32. The van der Waals surface area contributed by atoms with E-state index in [4.69, 9.17) is 21.1 Å². The van der Waals surface area contributed by atoms with E-state index in [-0.39, 0.29) is 5.92 Å². The molecule has 0 spiro atoms. The second-order valence-corrected chi connectivity index (χ2v) is 7.06. The molecule has 2 rings (SSSR count). The second kappa shape index (κ2) is 6.37. The monoisotopic (exact) mass is 326 g/mol. The van der Waals surface area contributed by atoms with Crippen molar-refractivity contribution in [3.8, 4) is 11.5 Å². The topological polar surface area (TPSA) is 55.8 Å². The van der Waals surface area contributed by atoms with E-state index in [1.54, 1.807) is 19.9 Å². The van der Waals surface area contributed by atoms with E-state index < -0.39 is 11.4 Å². The molecule has 0 unspecified atom stereocenters. The Morgan fingerprint density at radius 3 is 2.59 bits per heavy atom. The molecule has 0 fully saturated rings. The first-order chi connectivity index (χ1) is 10.2. The van der Waals surface area contributed by atoms with E-state index >= 15 is 0 Å². The van der Waals surface area contributed by atoms with Crippen molar-refractivity contribution < 1.29 is 19.4 Å². The molecule has 0 amide bonds. The first-order valence-electron chi connectivity index (χ1n) is 7.58. The number of fused-ring (bicyclic) bond motifs is 1. The molecule has 1 aromatic rings. The molecule has 1 aliphatic heterocycles. The quantitative estimate of drug-likeness (QED) is 0.897. The normalized spacial score (nSPS) is 14.8. The summed E-state index contributed by atoms with van der Waals surface area (Å²) >= 11 is 6.45. The van der Waals surface area contributed by atoms with E-state index in [1.807, 2.05) is 0 Å². The molecule has 0 aliphatic carbocycles. The molecule has 0 aromatic heterocycles. The van der Waals surface area contributed by atoms with Gasteiger partial charge in [-0.1, -0.05) is 25.4 Å². The van der Waals surface area contributed by atoms with Gasteiger partial charge in [0.15, 0.2) is 11.5 Å². The van der Waals surface area contributed by atoms with Crippen LogP contribution in [0.2, 0.25) is 5.02 Å². The van der Waals surface area contributed by atoms with Crippen molar-refractivity contribution >= 4 is 17.6 Å². The van der Waals surface area contributed by atoms with Gasteiger partial charge in [0.1, 0.15) is 0 Å². The summed E-state index contributed by atoms with van der Waals surface area (Å²) in [4.78, 5) is 11.5. The molecule has 1 aromatic carbocycles. The van der Waals surface area contributed by atoms with Crippen LogP contribution in [-0.4, -0.2) is 24.3 Å². The number of hydrogen-bond acceptors (Lipinski definition) is 3. The predicted molar refractivity (Wildman–Crippen MR) is 86.3 cm³/mol. The Bertz CT molecular complexity index is 579. The van der Waals surface area contributed by atoms with Gasteiger partial charge in [-0.15, -0.1) is 0 Å². The highest BCUT2D eigenvalue weighted by Crippen LogP contribution is 2.45. The van der Waals surface area contributed by atoms with Gasteiger partial charge in [0.2, 0.25) is 0 Å². The van der Waals surface area contributed by atoms with Crippen LogP contribution >= 0.6 is 11.6 Å². The number of ether oxygens (including phenoxy) is 2. The molecule has 0 saturated heterocycles. The summed E-state index contributed by atoms with van der Waals surface area (Å²) in [7, 11) is 0. The summed E-state index contributed by atoms with van der Waals surface area (Å²) in [5.74, 6) is 0.690. The molecule has 5 heteroatoms. The average molecular weight is 327 g/mol. The number of halogens is 1. The minimum atomic E-state index is -0.896. The molecule has 1 heterocycles. The van der Waals surface area contributed by atoms with Gasteiger partial charge in [-0.3, -0.25) is 4.79 Å². The Labute approximate surface area is 136 Å². The predicted octanol–water partition coefficient (Wildman–Crippen LogP) is 4.28. The molecular formula is C17H23ClO4.